The molecule has 11 aromatic rings. The fraction of sp³-hybridized carbons (Fsp3) is 0. The number of hydrogen-bond acceptors (Lipinski definition) is 5. The van der Waals surface area contributed by atoms with E-state index in [0.29, 0.717) is 17.5 Å². The van der Waals surface area contributed by atoms with Crippen molar-refractivity contribution in [1.29, 1.82) is 0 Å². The Kier molecular flexibility index (Phi) is 7.87. The lowest BCUT2D eigenvalue weighted by atomic mass is 9.95. The number of nitrogens with zero attached hydrogens (tertiary/aromatic N) is 3. The summed E-state index contributed by atoms with van der Waals surface area (Å²) >= 11 is 3.67. The summed E-state index contributed by atoms with van der Waals surface area (Å²) in [5, 5.41) is 5.03. The van der Waals surface area contributed by atoms with E-state index in [1.54, 1.807) is 11.3 Å². The summed E-state index contributed by atoms with van der Waals surface area (Å²) in [6, 6.07) is 66.8. The van der Waals surface area contributed by atoms with Crippen LogP contribution in [0.1, 0.15) is 0 Å². The molecule has 0 saturated heterocycles. The highest BCUT2D eigenvalue weighted by atomic mass is 32.1. The number of hydrogen-bond donors (Lipinski definition) is 0. The summed E-state index contributed by atoms with van der Waals surface area (Å²) < 4.78 is 5.03. The van der Waals surface area contributed by atoms with Crippen molar-refractivity contribution in [2.75, 3.05) is 0 Å². The van der Waals surface area contributed by atoms with Crippen molar-refractivity contribution in [3.63, 3.8) is 0 Å². The average Bonchev–Trinajstić information content (AvgIpc) is 3.85. The number of thiophene rings is 2. The molecular formula is C51H31N3S2. The van der Waals surface area contributed by atoms with Crippen molar-refractivity contribution >= 4 is 63.0 Å². The first-order valence-corrected chi connectivity index (χ1v) is 20.3. The Balaban J connectivity index is 1.06. The maximum atomic E-state index is 5.16. The maximum absolute atomic E-state index is 5.16. The molecule has 0 aliphatic heterocycles. The van der Waals surface area contributed by atoms with Gasteiger partial charge in [-0.15, -0.1) is 22.7 Å². The van der Waals surface area contributed by atoms with Crippen molar-refractivity contribution in [3.8, 4) is 67.5 Å². The summed E-state index contributed by atoms with van der Waals surface area (Å²) in [5.41, 5.74) is 10.2. The minimum Gasteiger partial charge on any atom is -0.208 e. The number of rotatable bonds is 6. The monoisotopic (exact) mass is 749 g/mol. The lowest BCUT2D eigenvalue weighted by Crippen LogP contribution is -2.00. The zero-order chi connectivity index (χ0) is 37.0. The molecule has 0 unspecified atom stereocenters. The summed E-state index contributed by atoms with van der Waals surface area (Å²) in [6.07, 6.45) is 0. The lowest BCUT2D eigenvalue weighted by molar-refractivity contribution is 1.08. The van der Waals surface area contributed by atoms with E-state index in [4.69, 9.17) is 15.0 Å². The Morgan fingerprint density at radius 3 is 1.50 bits per heavy atom. The molecular weight excluding hydrogens is 719 g/mol. The van der Waals surface area contributed by atoms with Crippen LogP contribution < -0.4 is 0 Å². The Morgan fingerprint density at radius 1 is 0.268 bits per heavy atom. The molecule has 3 aromatic heterocycles. The van der Waals surface area contributed by atoms with Gasteiger partial charge in [-0.25, -0.2) is 15.0 Å². The van der Waals surface area contributed by atoms with E-state index in [0.717, 1.165) is 22.3 Å². The second-order valence-electron chi connectivity index (χ2n) is 14.0. The molecule has 8 aromatic carbocycles. The molecule has 11 rings (SSSR count). The fourth-order valence-electron chi connectivity index (χ4n) is 7.76. The zero-order valence-electron chi connectivity index (χ0n) is 30.1. The van der Waals surface area contributed by atoms with Crippen LogP contribution >= 0.6 is 22.7 Å². The van der Waals surface area contributed by atoms with Gasteiger partial charge in [-0.2, -0.15) is 0 Å². The minimum absolute atomic E-state index is 0.652. The molecule has 0 atom stereocenters. The van der Waals surface area contributed by atoms with Crippen molar-refractivity contribution in [2.45, 2.75) is 0 Å². The van der Waals surface area contributed by atoms with Crippen LogP contribution in [0.25, 0.3) is 108 Å². The third-order valence-corrected chi connectivity index (χ3v) is 13.0. The van der Waals surface area contributed by atoms with Crippen LogP contribution in [0.4, 0.5) is 0 Å². The van der Waals surface area contributed by atoms with Gasteiger partial charge in [-0.3, -0.25) is 0 Å². The van der Waals surface area contributed by atoms with Gasteiger partial charge >= 0.3 is 0 Å². The van der Waals surface area contributed by atoms with E-state index in [1.165, 1.54) is 68.2 Å². The Morgan fingerprint density at radius 2 is 0.768 bits per heavy atom. The molecule has 0 bridgehead atoms. The van der Waals surface area contributed by atoms with Gasteiger partial charge < -0.3 is 0 Å². The molecule has 3 nitrogen and oxygen atoms in total. The molecule has 0 spiro atoms. The zero-order valence-corrected chi connectivity index (χ0v) is 31.7. The predicted molar refractivity (Wildman–Crippen MR) is 238 cm³/mol. The van der Waals surface area contributed by atoms with Gasteiger partial charge in [0.25, 0.3) is 0 Å². The van der Waals surface area contributed by atoms with Crippen LogP contribution in [0.5, 0.6) is 0 Å². The molecule has 0 N–H and O–H groups in total. The van der Waals surface area contributed by atoms with E-state index in [9.17, 15) is 0 Å². The van der Waals surface area contributed by atoms with Crippen molar-refractivity contribution in [1.82, 2.24) is 15.0 Å². The summed E-state index contributed by atoms with van der Waals surface area (Å²) in [6.45, 7) is 0. The molecule has 5 heteroatoms. The first-order valence-electron chi connectivity index (χ1n) is 18.7. The number of fused-ring (bicyclic) bond motifs is 6. The molecule has 0 saturated carbocycles. The van der Waals surface area contributed by atoms with E-state index >= 15 is 0 Å². The second kappa shape index (κ2) is 13.5. The van der Waals surface area contributed by atoms with Crippen molar-refractivity contribution < 1.29 is 0 Å². The molecule has 0 aliphatic rings. The van der Waals surface area contributed by atoms with Crippen LogP contribution in [0.3, 0.4) is 0 Å². The quantitative estimate of drug-likeness (QED) is 0.170. The number of aromatic nitrogens is 3. The van der Waals surface area contributed by atoms with Crippen LogP contribution in [-0.4, -0.2) is 15.0 Å². The smallest absolute Gasteiger partial charge is 0.165 e. The third-order valence-electron chi connectivity index (χ3n) is 10.6. The maximum Gasteiger partial charge on any atom is 0.165 e. The van der Waals surface area contributed by atoms with E-state index in [1.807, 2.05) is 35.6 Å². The van der Waals surface area contributed by atoms with Crippen LogP contribution in [0, 0.1) is 0 Å². The van der Waals surface area contributed by atoms with Gasteiger partial charge in [-0.1, -0.05) is 152 Å². The van der Waals surface area contributed by atoms with Crippen LogP contribution in [0.15, 0.2) is 188 Å². The van der Waals surface area contributed by atoms with Gasteiger partial charge in [0.05, 0.1) is 0 Å². The highest BCUT2D eigenvalue weighted by Crippen LogP contribution is 2.45. The van der Waals surface area contributed by atoms with Gasteiger partial charge in [0.15, 0.2) is 17.5 Å². The standard InChI is InChI=1S/C51H31N3S2/c1-4-13-32(14-5-1)33-23-25-36(26-24-33)50-52-49(35-17-8-3-9-18-35)53-51(54-50)41-21-12-20-40-43-29-37(27-28-46(43)56-47(40)41)38-30-42(34-15-6-2-7-16-34)48-44(31-38)39-19-10-11-22-45(39)55-48/h1-31H. The van der Waals surface area contributed by atoms with Gasteiger partial charge in [-0.05, 0) is 64.2 Å². The third kappa shape index (κ3) is 5.68. The summed E-state index contributed by atoms with van der Waals surface area (Å²) in [7, 11) is 0. The normalized spacial score (nSPS) is 11.6. The van der Waals surface area contributed by atoms with E-state index in [2.05, 4.69) is 164 Å². The van der Waals surface area contributed by atoms with Crippen molar-refractivity contribution in [2.24, 2.45) is 0 Å². The Labute approximate surface area is 331 Å². The van der Waals surface area contributed by atoms with Gasteiger partial charge in [0.2, 0.25) is 0 Å². The molecule has 3 heterocycles. The Bertz CT molecular complexity index is 3220. The molecule has 56 heavy (non-hydrogen) atoms. The predicted octanol–water partition coefficient (Wildman–Crippen LogP) is 14.6. The lowest BCUT2D eigenvalue weighted by Gasteiger charge is -2.10. The molecule has 0 aliphatic carbocycles. The fourth-order valence-corrected chi connectivity index (χ4v) is 10.2. The van der Waals surface area contributed by atoms with Crippen molar-refractivity contribution in [3.05, 3.63) is 188 Å². The van der Waals surface area contributed by atoms with Gasteiger partial charge in [0, 0.05) is 62.6 Å². The molecule has 0 amide bonds. The molecule has 0 radical (unpaired) electrons. The average molecular weight is 750 g/mol. The SMILES string of the molecule is c1ccc(-c2ccc(-c3nc(-c4ccccc4)nc(-c4cccc5c4sc4ccc(-c6cc(-c7ccccc7)c7sc8ccccc8c7c6)cc45)n3)cc2)cc1. The first-order chi connectivity index (χ1) is 27.7. The summed E-state index contributed by atoms with van der Waals surface area (Å²) in [5.74, 6) is 1.98. The highest BCUT2D eigenvalue weighted by molar-refractivity contribution is 7.26. The summed E-state index contributed by atoms with van der Waals surface area (Å²) in [4.78, 5) is 15.3. The molecule has 262 valence electrons. The largest absolute Gasteiger partial charge is 0.208 e. The van der Waals surface area contributed by atoms with Crippen LogP contribution in [-0.2, 0) is 0 Å². The second-order valence-corrected chi connectivity index (χ2v) is 16.1. The van der Waals surface area contributed by atoms with Gasteiger partial charge in [0.1, 0.15) is 0 Å². The van der Waals surface area contributed by atoms with E-state index < -0.39 is 0 Å². The first kappa shape index (κ1) is 32.6. The number of benzene rings is 8. The topological polar surface area (TPSA) is 38.7 Å². The molecule has 0 fully saturated rings. The Hall–Kier alpha value is -6.79. The van der Waals surface area contributed by atoms with E-state index in [-0.39, 0.29) is 0 Å². The minimum atomic E-state index is 0.652. The van der Waals surface area contributed by atoms with Crippen LogP contribution in [0.2, 0.25) is 0 Å². The highest BCUT2D eigenvalue weighted by Gasteiger charge is 2.18.